The van der Waals surface area contributed by atoms with Crippen LogP contribution in [0.2, 0.25) is 0 Å². The lowest BCUT2D eigenvalue weighted by Gasteiger charge is -2.11. The zero-order valence-electron chi connectivity index (χ0n) is 9.44. The molecule has 0 spiro atoms. The van der Waals surface area contributed by atoms with Crippen LogP contribution >= 0.6 is 0 Å². The lowest BCUT2D eigenvalue weighted by Crippen LogP contribution is -2.45. The van der Waals surface area contributed by atoms with Crippen LogP contribution in [0.5, 0.6) is 0 Å². The molecule has 0 heterocycles. The Kier molecular flexibility index (Phi) is 4.89. The van der Waals surface area contributed by atoms with Gasteiger partial charge in [0.25, 0.3) is 0 Å². The highest BCUT2D eigenvalue weighted by atomic mass is 16.4. The Morgan fingerprint density at radius 2 is 1.88 bits per heavy atom. The van der Waals surface area contributed by atoms with Crippen molar-refractivity contribution in [3.05, 3.63) is 0 Å². The minimum Gasteiger partial charge on any atom is -0.480 e. The van der Waals surface area contributed by atoms with E-state index in [9.17, 15) is 14.4 Å². The predicted molar refractivity (Wildman–Crippen MR) is 59.0 cm³/mol. The van der Waals surface area contributed by atoms with Crippen molar-refractivity contribution >= 4 is 17.8 Å². The number of hydrogen-bond donors (Lipinski definition) is 4. The van der Waals surface area contributed by atoms with Crippen molar-refractivity contribution in [3.63, 3.8) is 0 Å². The molecule has 17 heavy (non-hydrogen) atoms. The Labute approximate surface area is 98.7 Å². The number of carboxylic acids is 1. The quantitative estimate of drug-likeness (QED) is 0.430. The Morgan fingerprint density at radius 1 is 1.24 bits per heavy atom. The lowest BCUT2D eigenvalue weighted by molar-refractivity contribution is -0.137. The van der Waals surface area contributed by atoms with Crippen molar-refractivity contribution in [1.29, 1.82) is 0 Å². The van der Waals surface area contributed by atoms with Gasteiger partial charge in [-0.3, -0.25) is 14.4 Å². The molecule has 0 radical (unpaired) electrons. The number of carbonyl (C=O) groups excluding carboxylic acids is 2. The zero-order chi connectivity index (χ0) is 12.8. The largest absolute Gasteiger partial charge is 0.480 e. The van der Waals surface area contributed by atoms with E-state index in [1.54, 1.807) is 0 Å². The van der Waals surface area contributed by atoms with Gasteiger partial charge in [-0.05, 0) is 12.3 Å². The highest BCUT2D eigenvalue weighted by Gasteiger charge is 2.27. The van der Waals surface area contributed by atoms with Crippen molar-refractivity contribution in [2.75, 3.05) is 13.1 Å². The van der Waals surface area contributed by atoms with E-state index in [-0.39, 0.29) is 12.5 Å². The van der Waals surface area contributed by atoms with Crippen molar-refractivity contribution in [2.24, 2.45) is 11.7 Å². The van der Waals surface area contributed by atoms with Crippen molar-refractivity contribution < 1.29 is 19.5 Å². The van der Waals surface area contributed by atoms with E-state index in [0.29, 0.717) is 12.3 Å². The molecule has 0 aliphatic heterocycles. The number of carboxylic acid groups (broad SMARTS) is 1. The topological polar surface area (TPSA) is 122 Å². The predicted octanol–water partition coefficient (Wildman–Crippen LogP) is -1.57. The zero-order valence-corrected chi connectivity index (χ0v) is 9.44. The number of rotatable bonds is 7. The van der Waals surface area contributed by atoms with Crippen molar-refractivity contribution in [3.8, 4) is 0 Å². The first-order valence-electron chi connectivity index (χ1n) is 5.51. The summed E-state index contributed by atoms with van der Waals surface area (Å²) < 4.78 is 0. The number of nitrogens with one attached hydrogen (secondary N) is 2. The molecule has 2 amide bonds. The van der Waals surface area contributed by atoms with E-state index in [4.69, 9.17) is 10.8 Å². The summed E-state index contributed by atoms with van der Waals surface area (Å²) >= 11 is 0. The molecule has 1 aliphatic carbocycles. The number of amides is 2. The summed E-state index contributed by atoms with van der Waals surface area (Å²) in [7, 11) is 0. The Bertz CT molecular complexity index is 315. The molecule has 1 atom stereocenters. The van der Waals surface area contributed by atoms with Gasteiger partial charge >= 0.3 is 5.97 Å². The molecule has 1 fully saturated rings. The summed E-state index contributed by atoms with van der Waals surface area (Å²) in [5.74, 6) is -1.51. The summed E-state index contributed by atoms with van der Waals surface area (Å²) in [6.45, 7) is -0.701. The molecular formula is C10H17N3O4. The maximum atomic E-state index is 11.4. The molecular weight excluding hydrogens is 226 g/mol. The summed E-state index contributed by atoms with van der Waals surface area (Å²) in [5, 5.41) is 12.8. The van der Waals surface area contributed by atoms with Gasteiger partial charge in [0.1, 0.15) is 6.54 Å². The molecule has 0 aromatic carbocycles. The summed E-state index contributed by atoms with van der Waals surface area (Å²) in [5.41, 5.74) is 5.63. The number of aliphatic carboxylic acids is 1. The van der Waals surface area contributed by atoms with E-state index >= 15 is 0 Å². The van der Waals surface area contributed by atoms with Gasteiger partial charge in [-0.1, -0.05) is 12.8 Å². The molecule has 1 aliphatic rings. The first-order valence-corrected chi connectivity index (χ1v) is 5.51. The van der Waals surface area contributed by atoms with Gasteiger partial charge in [0.15, 0.2) is 0 Å². The highest BCUT2D eigenvalue weighted by Crippen LogP contribution is 2.32. The summed E-state index contributed by atoms with van der Waals surface area (Å²) in [4.78, 5) is 32.7. The Morgan fingerprint density at radius 3 is 2.41 bits per heavy atom. The normalized spacial score (nSPS) is 16.1. The average Bonchev–Trinajstić information content (AvgIpc) is 3.06. The minimum absolute atomic E-state index is 0.246. The average molecular weight is 243 g/mol. The number of hydrogen-bond acceptors (Lipinski definition) is 4. The molecule has 5 N–H and O–H groups in total. The SMILES string of the molecule is NC(CC1CC1)C(=O)NCC(=O)NCC(=O)O. The van der Waals surface area contributed by atoms with Crippen LogP contribution in [0.3, 0.4) is 0 Å². The van der Waals surface area contributed by atoms with E-state index in [0.717, 1.165) is 12.8 Å². The second kappa shape index (κ2) is 6.19. The molecule has 1 saturated carbocycles. The van der Waals surface area contributed by atoms with E-state index in [1.807, 2.05) is 0 Å². The third-order valence-corrected chi connectivity index (χ3v) is 2.48. The fraction of sp³-hybridized carbons (Fsp3) is 0.700. The Hall–Kier alpha value is -1.63. The molecule has 7 heteroatoms. The standard InChI is InChI=1S/C10H17N3O4/c11-7(3-6-1-2-6)10(17)13-4-8(14)12-5-9(15)16/h6-7H,1-5,11H2,(H,12,14)(H,13,17)(H,15,16). The first-order chi connectivity index (χ1) is 7.99. The monoisotopic (exact) mass is 243 g/mol. The highest BCUT2D eigenvalue weighted by molar-refractivity contribution is 5.88. The third kappa shape index (κ3) is 5.86. The fourth-order valence-corrected chi connectivity index (χ4v) is 1.35. The third-order valence-electron chi connectivity index (χ3n) is 2.48. The van der Waals surface area contributed by atoms with Gasteiger partial charge < -0.3 is 21.5 Å². The fourth-order valence-electron chi connectivity index (χ4n) is 1.35. The number of carbonyl (C=O) groups is 3. The van der Waals surface area contributed by atoms with Crippen LogP contribution in [0.1, 0.15) is 19.3 Å². The van der Waals surface area contributed by atoms with Gasteiger partial charge in [0.2, 0.25) is 11.8 Å². The second-order valence-corrected chi connectivity index (χ2v) is 4.17. The van der Waals surface area contributed by atoms with Gasteiger partial charge in [-0.2, -0.15) is 0 Å². The van der Waals surface area contributed by atoms with Gasteiger partial charge in [-0.25, -0.2) is 0 Å². The van der Waals surface area contributed by atoms with Gasteiger partial charge in [0, 0.05) is 0 Å². The molecule has 0 saturated heterocycles. The van der Waals surface area contributed by atoms with Crippen LogP contribution in [0, 0.1) is 5.92 Å². The van der Waals surface area contributed by atoms with Crippen LogP contribution in [0.25, 0.3) is 0 Å². The molecule has 1 rings (SSSR count). The van der Waals surface area contributed by atoms with Crippen LogP contribution in [-0.4, -0.2) is 42.0 Å². The maximum absolute atomic E-state index is 11.4. The summed E-state index contributed by atoms with van der Waals surface area (Å²) in [6, 6.07) is -0.588. The molecule has 0 bridgehead atoms. The summed E-state index contributed by atoms with van der Waals surface area (Å²) in [6.07, 6.45) is 2.86. The molecule has 1 unspecified atom stereocenters. The first kappa shape index (κ1) is 13.4. The van der Waals surface area contributed by atoms with Gasteiger partial charge in [0.05, 0.1) is 12.6 Å². The maximum Gasteiger partial charge on any atom is 0.322 e. The van der Waals surface area contributed by atoms with Crippen LogP contribution < -0.4 is 16.4 Å². The Balaban J connectivity index is 2.13. The molecule has 0 aromatic rings. The van der Waals surface area contributed by atoms with Crippen LogP contribution in [0.4, 0.5) is 0 Å². The lowest BCUT2D eigenvalue weighted by atomic mass is 10.1. The van der Waals surface area contributed by atoms with Crippen molar-refractivity contribution in [1.82, 2.24) is 10.6 Å². The second-order valence-electron chi connectivity index (χ2n) is 4.17. The van der Waals surface area contributed by atoms with E-state index in [2.05, 4.69) is 10.6 Å². The van der Waals surface area contributed by atoms with E-state index in [1.165, 1.54) is 0 Å². The van der Waals surface area contributed by atoms with E-state index < -0.39 is 24.5 Å². The number of nitrogens with two attached hydrogens (primary N) is 1. The molecule has 96 valence electrons. The minimum atomic E-state index is -1.13. The van der Waals surface area contributed by atoms with Crippen LogP contribution in [-0.2, 0) is 14.4 Å². The molecule has 0 aromatic heterocycles. The van der Waals surface area contributed by atoms with Crippen LogP contribution in [0.15, 0.2) is 0 Å². The van der Waals surface area contributed by atoms with Crippen molar-refractivity contribution in [2.45, 2.75) is 25.3 Å². The smallest absolute Gasteiger partial charge is 0.322 e. The molecule has 7 nitrogen and oxygen atoms in total. The van der Waals surface area contributed by atoms with Gasteiger partial charge in [-0.15, -0.1) is 0 Å².